The number of carbonyl (C=O) groups is 2. The Morgan fingerprint density at radius 3 is 2.32 bits per heavy atom. The zero-order chi connectivity index (χ0) is 22.4. The summed E-state index contributed by atoms with van der Waals surface area (Å²) in [6.45, 7) is 7.78. The summed E-state index contributed by atoms with van der Waals surface area (Å²) in [5.41, 5.74) is 3.65. The second-order valence-electron chi connectivity index (χ2n) is 7.17. The Kier molecular flexibility index (Phi) is 7.25. The van der Waals surface area contributed by atoms with E-state index in [1.165, 1.54) is 6.92 Å². The topological polar surface area (TPSA) is 88.0 Å². The minimum Gasteiger partial charge on any atom is -0.383 e. The van der Waals surface area contributed by atoms with Crippen LogP contribution >= 0.6 is 0 Å². The van der Waals surface area contributed by atoms with Gasteiger partial charge < -0.3 is 20.3 Å². The number of aromatic nitrogens is 2. The summed E-state index contributed by atoms with van der Waals surface area (Å²) in [6, 6.07) is 10.6. The third kappa shape index (κ3) is 5.21. The van der Waals surface area contributed by atoms with Crippen molar-refractivity contribution in [2.24, 2.45) is 0 Å². The van der Waals surface area contributed by atoms with Crippen molar-refractivity contribution in [3.63, 3.8) is 0 Å². The standard InChI is InChI=1S/C23H29N5O3/c1-5-20-23(27(6-2)13-14-31-4)28-15-17(7-12-21(28)26-20)22(30)25-19-10-8-18(9-11-19)24-16(3)29/h7-12,15H,5-6,13-14H2,1-4H3,(H,24,29)(H,25,30). The monoisotopic (exact) mass is 423 g/mol. The molecule has 8 heteroatoms. The van der Waals surface area contributed by atoms with Gasteiger partial charge in [0.05, 0.1) is 17.9 Å². The first-order chi connectivity index (χ1) is 15.0. The van der Waals surface area contributed by atoms with Crippen LogP contribution in [-0.2, 0) is 16.0 Å². The van der Waals surface area contributed by atoms with Crippen molar-refractivity contribution < 1.29 is 14.3 Å². The van der Waals surface area contributed by atoms with E-state index in [4.69, 9.17) is 9.72 Å². The maximum absolute atomic E-state index is 12.9. The van der Waals surface area contributed by atoms with Crippen molar-refractivity contribution in [1.82, 2.24) is 9.38 Å². The molecule has 1 aromatic carbocycles. The fourth-order valence-electron chi connectivity index (χ4n) is 3.45. The molecule has 2 aromatic heterocycles. The van der Waals surface area contributed by atoms with Crippen LogP contribution in [0, 0.1) is 0 Å². The van der Waals surface area contributed by atoms with Gasteiger partial charge in [0.25, 0.3) is 5.91 Å². The Morgan fingerprint density at radius 2 is 1.74 bits per heavy atom. The van der Waals surface area contributed by atoms with E-state index in [0.717, 1.165) is 36.7 Å². The molecule has 0 aliphatic rings. The van der Waals surface area contributed by atoms with Crippen LogP contribution in [0.1, 0.15) is 36.8 Å². The molecular formula is C23H29N5O3. The van der Waals surface area contributed by atoms with Crippen LogP contribution < -0.4 is 15.5 Å². The summed E-state index contributed by atoms with van der Waals surface area (Å²) >= 11 is 0. The van der Waals surface area contributed by atoms with Gasteiger partial charge in [0.1, 0.15) is 11.5 Å². The van der Waals surface area contributed by atoms with Crippen molar-refractivity contribution in [1.29, 1.82) is 0 Å². The predicted octanol–water partition coefficient (Wildman–Crippen LogP) is 3.58. The number of likely N-dealkylation sites (N-methyl/N-ethyl adjacent to an activating group) is 1. The minimum atomic E-state index is -0.216. The number of methoxy groups -OCH3 is 1. The zero-order valence-electron chi connectivity index (χ0n) is 18.4. The molecule has 0 fully saturated rings. The van der Waals surface area contributed by atoms with E-state index in [-0.39, 0.29) is 11.8 Å². The summed E-state index contributed by atoms with van der Waals surface area (Å²) in [6.07, 6.45) is 2.62. The first-order valence-electron chi connectivity index (χ1n) is 10.4. The van der Waals surface area contributed by atoms with Crippen LogP contribution in [0.2, 0.25) is 0 Å². The Balaban J connectivity index is 1.87. The van der Waals surface area contributed by atoms with Gasteiger partial charge in [-0.15, -0.1) is 0 Å². The number of pyridine rings is 1. The number of amides is 2. The number of hydrogen-bond donors (Lipinski definition) is 2. The van der Waals surface area contributed by atoms with Crippen molar-refractivity contribution in [2.45, 2.75) is 27.2 Å². The molecular weight excluding hydrogens is 394 g/mol. The Labute approximate surface area is 182 Å². The van der Waals surface area contributed by atoms with Gasteiger partial charge in [0.15, 0.2) is 0 Å². The van der Waals surface area contributed by atoms with Crippen molar-refractivity contribution in [2.75, 3.05) is 42.3 Å². The van der Waals surface area contributed by atoms with Crippen LogP contribution in [0.25, 0.3) is 5.65 Å². The number of fused-ring (bicyclic) bond motifs is 1. The molecule has 0 spiro atoms. The molecule has 3 rings (SSSR count). The highest BCUT2D eigenvalue weighted by atomic mass is 16.5. The first-order valence-corrected chi connectivity index (χ1v) is 10.4. The van der Waals surface area contributed by atoms with E-state index in [1.807, 2.05) is 16.7 Å². The van der Waals surface area contributed by atoms with Crippen LogP contribution in [0.15, 0.2) is 42.6 Å². The van der Waals surface area contributed by atoms with E-state index >= 15 is 0 Å². The summed E-state index contributed by atoms with van der Waals surface area (Å²) in [5, 5.41) is 5.61. The fourth-order valence-corrected chi connectivity index (χ4v) is 3.45. The molecule has 0 saturated carbocycles. The average Bonchev–Trinajstić information content (AvgIpc) is 3.13. The van der Waals surface area contributed by atoms with E-state index in [9.17, 15) is 9.59 Å². The molecule has 8 nitrogen and oxygen atoms in total. The van der Waals surface area contributed by atoms with E-state index < -0.39 is 0 Å². The molecule has 31 heavy (non-hydrogen) atoms. The number of rotatable bonds is 9. The lowest BCUT2D eigenvalue weighted by Crippen LogP contribution is -2.29. The third-order valence-corrected chi connectivity index (χ3v) is 4.97. The van der Waals surface area contributed by atoms with Crippen LogP contribution in [0.5, 0.6) is 0 Å². The van der Waals surface area contributed by atoms with Crippen molar-refractivity contribution in [3.8, 4) is 0 Å². The number of benzene rings is 1. The molecule has 0 saturated heterocycles. The van der Waals surface area contributed by atoms with Gasteiger partial charge in [-0.2, -0.15) is 0 Å². The number of hydrogen-bond acceptors (Lipinski definition) is 5. The van der Waals surface area contributed by atoms with Crippen LogP contribution in [0.3, 0.4) is 0 Å². The molecule has 0 unspecified atom stereocenters. The molecule has 0 atom stereocenters. The van der Waals surface area contributed by atoms with Gasteiger partial charge in [0, 0.05) is 44.7 Å². The quantitative estimate of drug-likeness (QED) is 0.549. The molecule has 0 bridgehead atoms. The lowest BCUT2D eigenvalue weighted by Gasteiger charge is -2.23. The van der Waals surface area contributed by atoms with E-state index in [2.05, 4.69) is 29.4 Å². The molecule has 2 N–H and O–H groups in total. The Morgan fingerprint density at radius 1 is 1.06 bits per heavy atom. The SMILES string of the molecule is CCc1nc2ccc(C(=O)Nc3ccc(NC(C)=O)cc3)cn2c1N(CC)CCOC. The summed E-state index contributed by atoms with van der Waals surface area (Å²) in [4.78, 5) is 31.0. The molecule has 0 radical (unpaired) electrons. The van der Waals surface area contributed by atoms with E-state index in [1.54, 1.807) is 37.4 Å². The zero-order valence-corrected chi connectivity index (χ0v) is 18.4. The third-order valence-electron chi connectivity index (χ3n) is 4.97. The maximum Gasteiger partial charge on any atom is 0.257 e. The second-order valence-corrected chi connectivity index (χ2v) is 7.17. The van der Waals surface area contributed by atoms with Gasteiger partial charge >= 0.3 is 0 Å². The summed E-state index contributed by atoms with van der Waals surface area (Å²) in [7, 11) is 1.69. The Bertz CT molecular complexity index is 1060. The van der Waals surface area contributed by atoms with Gasteiger partial charge in [-0.1, -0.05) is 6.92 Å². The van der Waals surface area contributed by atoms with Crippen molar-refractivity contribution in [3.05, 3.63) is 53.9 Å². The van der Waals surface area contributed by atoms with Gasteiger partial charge in [-0.05, 0) is 49.7 Å². The van der Waals surface area contributed by atoms with Gasteiger partial charge in [0.2, 0.25) is 5.91 Å². The lowest BCUT2D eigenvalue weighted by atomic mass is 10.2. The average molecular weight is 424 g/mol. The predicted molar refractivity (Wildman–Crippen MR) is 123 cm³/mol. The highest BCUT2D eigenvalue weighted by molar-refractivity contribution is 6.04. The summed E-state index contributed by atoms with van der Waals surface area (Å²) in [5.74, 6) is 0.637. The largest absolute Gasteiger partial charge is 0.383 e. The smallest absolute Gasteiger partial charge is 0.257 e. The number of anilines is 3. The molecule has 2 amide bonds. The van der Waals surface area contributed by atoms with Gasteiger partial charge in [-0.25, -0.2) is 4.98 Å². The molecule has 3 aromatic rings. The summed E-state index contributed by atoms with van der Waals surface area (Å²) < 4.78 is 7.24. The van der Waals surface area contributed by atoms with Gasteiger partial charge in [-0.3, -0.25) is 14.0 Å². The molecule has 0 aliphatic carbocycles. The maximum atomic E-state index is 12.9. The van der Waals surface area contributed by atoms with Crippen molar-refractivity contribution >= 4 is 34.7 Å². The molecule has 0 aliphatic heterocycles. The Hall–Kier alpha value is -3.39. The van der Waals surface area contributed by atoms with Crippen LogP contribution in [-0.4, -0.2) is 48.0 Å². The number of nitrogens with one attached hydrogen (secondary N) is 2. The molecule has 2 heterocycles. The molecule has 164 valence electrons. The number of nitrogens with zero attached hydrogens (tertiary/aromatic N) is 3. The highest BCUT2D eigenvalue weighted by Crippen LogP contribution is 2.24. The normalized spacial score (nSPS) is 10.8. The first kappa shape index (κ1) is 22.3. The second kappa shape index (κ2) is 10.1. The lowest BCUT2D eigenvalue weighted by molar-refractivity contribution is -0.114. The van der Waals surface area contributed by atoms with E-state index in [0.29, 0.717) is 23.5 Å². The number of carbonyl (C=O) groups excluding carboxylic acids is 2. The highest BCUT2D eigenvalue weighted by Gasteiger charge is 2.18. The number of ether oxygens (including phenoxy) is 1. The van der Waals surface area contributed by atoms with Crippen LogP contribution in [0.4, 0.5) is 17.2 Å². The number of imidazole rings is 1. The fraction of sp³-hybridized carbons (Fsp3) is 0.348. The minimum absolute atomic E-state index is 0.140. The number of aryl methyl sites for hydroxylation is 1.